The zero-order chi connectivity index (χ0) is 16.6. The molecule has 0 aromatic heterocycles. The number of rotatable bonds is 9. The smallest absolute Gasteiger partial charge is 0.251 e. The summed E-state index contributed by atoms with van der Waals surface area (Å²) >= 11 is 0. The van der Waals surface area contributed by atoms with E-state index in [4.69, 9.17) is 0 Å². The average Bonchev–Trinajstić information content (AvgIpc) is 2.45. The minimum absolute atomic E-state index is 0.0953. The minimum Gasteiger partial charge on any atom is -0.351 e. The third-order valence-electron chi connectivity index (χ3n) is 2.81. The van der Waals surface area contributed by atoms with Crippen molar-refractivity contribution in [2.24, 2.45) is 0 Å². The predicted octanol–water partition coefficient (Wildman–Crippen LogP) is 1.10. The van der Waals surface area contributed by atoms with Gasteiger partial charge in [-0.25, -0.2) is 13.1 Å². The van der Waals surface area contributed by atoms with Gasteiger partial charge in [-0.15, -0.1) is 0 Å². The van der Waals surface area contributed by atoms with Gasteiger partial charge in [-0.2, -0.15) is 0 Å². The van der Waals surface area contributed by atoms with Crippen molar-refractivity contribution in [3.8, 4) is 0 Å². The van der Waals surface area contributed by atoms with Crippen molar-refractivity contribution < 1.29 is 13.2 Å². The summed E-state index contributed by atoms with van der Waals surface area (Å²) in [7, 11) is -3.59. The summed E-state index contributed by atoms with van der Waals surface area (Å²) in [5.41, 5.74) is 0.335. The normalized spacial score (nSPS) is 11.6. The molecule has 0 aliphatic heterocycles. The Morgan fingerprint density at radius 2 is 1.91 bits per heavy atom. The van der Waals surface area contributed by atoms with Gasteiger partial charge in [0.05, 0.1) is 4.90 Å². The highest BCUT2D eigenvalue weighted by atomic mass is 32.2. The highest BCUT2D eigenvalue weighted by Crippen LogP contribution is 2.12. The Morgan fingerprint density at radius 3 is 2.55 bits per heavy atom. The molecule has 0 radical (unpaired) electrons. The van der Waals surface area contributed by atoms with Crippen molar-refractivity contribution in [2.75, 3.05) is 19.6 Å². The Morgan fingerprint density at radius 1 is 1.18 bits per heavy atom. The van der Waals surface area contributed by atoms with Gasteiger partial charge in [0.15, 0.2) is 0 Å². The van der Waals surface area contributed by atoms with Crippen molar-refractivity contribution in [1.29, 1.82) is 0 Å². The van der Waals surface area contributed by atoms with E-state index in [2.05, 4.69) is 22.3 Å². The average molecular weight is 327 g/mol. The van der Waals surface area contributed by atoms with Crippen LogP contribution in [0.5, 0.6) is 0 Å². The second-order valence-electron chi connectivity index (χ2n) is 5.31. The maximum absolute atomic E-state index is 12.1. The molecule has 3 N–H and O–H groups in total. The summed E-state index contributed by atoms with van der Waals surface area (Å²) < 4.78 is 26.7. The minimum atomic E-state index is -3.59. The first-order chi connectivity index (χ1) is 10.4. The van der Waals surface area contributed by atoms with Crippen LogP contribution in [0.2, 0.25) is 0 Å². The van der Waals surface area contributed by atoms with Crippen LogP contribution in [0.3, 0.4) is 0 Å². The third kappa shape index (κ3) is 6.13. The van der Waals surface area contributed by atoms with E-state index >= 15 is 0 Å². The van der Waals surface area contributed by atoms with Crippen molar-refractivity contribution in [3.05, 3.63) is 29.8 Å². The van der Waals surface area contributed by atoms with Crippen LogP contribution in [-0.4, -0.2) is 40.0 Å². The van der Waals surface area contributed by atoms with Crippen molar-refractivity contribution in [1.82, 2.24) is 15.4 Å². The quantitative estimate of drug-likeness (QED) is 0.593. The summed E-state index contributed by atoms with van der Waals surface area (Å²) in [5.74, 6) is -0.278. The Hall–Kier alpha value is -1.44. The molecule has 0 aliphatic rings. The molecule has 1 aromatic carbocycles. The van der Waals surface area contributed by atoms with E-state index in [1.54, 1.807) is 26.0 Å². The molecular formula is C15H25N3O3S. The fourth-order valence-corrected chi connectivity index (χ4v) is 3.15. The Labute approximate surface area is 132 Å². The number of hydrogen-bond acceptors (Lipinski definition) is 4. The lowest BCUT2D eigenvalue weighted by Gasteiger charge is -2.11. The number of hydrogen-bond donors (Lipinski definition) is 3. The molecule has 1 amide bonds. The Balaban J connectivity index is 2.69. The first-order valence-corrected chi connectivity index (χ1v) is 8.96. The molecule has 0 bridgehead atoms. The Kier molecular flexibility index (Phi) is 7.50. The van der Waals surface area contributed by atoms with Gasteiger partial charge in [-0.3, -0.25) is 4.79 Å². The number of carbonyl (C=O) groups is 1. The molecule has 0 heterocycles. The number of nitrogens with one attached hydrogen (secondary N) is 3. The van der Waals surface area contributed by atoms with Crippen molar-refractivity contribution >= 4 is 15.9 Å². The fourth-order valence-electron chi connectivity index (χ4n) is 1.85. The number of carbonyl (C=O) groups excluding carboxylic acids is 1. The molecule has 22 heavy (non-hydrogen) atoms. The van der Waals surface area contributed by atoms with E-state index in [1.165, 1.54) is 12.1 Å². The second kappa shape index (κ2) is 8.87. The molecular weight excluding hydrogens is 302 g/mol. The van der Waals surface area contributed by atoms with Gasteiger partial charge in [-0.05, 0) is 45.0 Å². The van der Waals surface area contributed by atoms with Gasteiger partial charge < -0.3 is 10.6 Å². The second-order valence-corrected chi connectivity index (χ2v) is 7.02. The van der Waals surface area contributed by atoms with Crippen LogP contribution in [0.1, 0.15) is 37.6 Å². The molecule has 124 valence electrons. The van der Waals surface area contributed by atoms with E-state index < -0.39 is 10.0 Å². The van der Waals surface area contributed by atoms with Crippen LogP contribution in [-0.2, 0) is 10.0 Å². The lowest BCUT2D eigenvalue weighted by atomic mass is 10.2. The maximum Gasteiger partial charge on any atom is 0.251 e. The summed E-state index contributed by atoms with van der Waals surface area (Å²) in [6.45, 7) is 7.66. The van der Waals surface area contributed by atoms with Crippen molar-refractivity contribution in [2.45, 2.75) is 38.1 Å². The highest BCUT2D eigenvalue weighted by molar-refractivity contribution is 7.89. The number of sulfonamides is 1. The van der Waals surface area contributed by atoms with Crippen LogP contribution in [0, 0.1) is 0 Å². The zero-order valence-electron chi connectivity index (χ0n) is 13.3. The molecule has 0 unspecified atom stereocenters. The molecule has 0 saturated carbocycles. The largest absolute Gasteiger partial charge is 0.351 e. The molecule has 0 fully saturated rings. The summed E-state index contributed by atoms with van der Waals surface area (Å²) in [4.78, 5) is 12.1. The predicted molar refractivity (Wildman–Crippen MR) is 87.4 cm³/mol. The van der Waals surface area contributed by atoms with E-state index in [0.29, 0.717) is 18.7 Å². The van der Waals surface area contributed by atoms with Crippen LogP contribution in [0.15, 0.2) is 29.2 Å². The molecule has 7 heteroatoms. The lowest BCUT2D eigenvalue weighted by Crippen LogP contribution is -2.32. The van der Waals surface area contributed by atoms with Crippen LogP contribution < -0.4 is 15.4 Å². The van der Waals surface area contributed by atoms with Gasteiger partial charge in [0.2, 0.25) is 10.0 Å². The fraction of sp³-hybridized carbons (Fsp3) is 0.533. The topological polar surface area (TPSA) is 87.3 Å². The first kappa shape index (κ1) is 18.6. The number of benzene rings is 1. The van der Waals surface area contributed by atoms with Crippen LogP contribution in [0.4, 0.5) is 0 Å². The molecule has 6 nitrogen and oxygen atoms in total. The third-order valence-corrected chi connectivity index (χ3v) is 4.47. The molecule has 0 atom stereocenters. The van der Waals surface area contributed by atoms with Crippen LogP contribution in [0.25, 0.3) is 0 Å². The van der Waals surface area contributed by atoms with Gasteiger partial charge in [0, 0.05) is 24.7 Å². The van der Waals surface area contributed by atoms with E-state index in [0.717, 1.165) is 13.0 Å². The monoisotopic (exact) mass is 327 g/mol. The molecule has 0 spiro atoms. The molecule has 1 rings (SSSR count). The molecule has 1 aromatic rings. The lowest BCUT2D eigenvalue weighted by molar-refractivity contribution is 0.0953. The van der Waals surface area contributed by atoms with Gasteiger partial charge >= 0.3 is 0 Å². The molecule has 0 saturated heterocycles. The number of amides is 1. The van der Waals surface area contributed by atoms with Gasteiger partial charge in [0.25, 0.3) is 5.91 Å². The first-order valence-electron chi connectivity index (χ1n) is 7.48. The maximum atomic E-state index is 12.1. The van der Waals surface area contributed by atoms with Gasteiger partial charge in [0.1, 0.15) is 0 Å². The van der Waals surface area contributed by atoms with Crippen LogP contribution >= 0.6 is 0 Å². The van der Waals surface area contributed by atoms with E-state index in [1.807, 2.05) is 0 Å². The zero-order valence-corrected chi connectivity index (χ0v) is 14.2. The summed E-state index contributed by atoms with van der Waals surface area (Å²) in [6.07, 6.45) is 1.04. The van der Waals surface area contributed by atoms with E-state index in [-0.39, 0.29) is 16.8 Å². The Bertz CT molecular complexity index is 585. The summed E-state index contributed by atoms with van der Waals surface area (Å²) in [6, 6.07) is 5.83. The van der Waals surface area contributed by atoms with Gasteiger partial charge in [-0.1, -0.05) is 13.0 Å². The van der Waals surface area contributed by atoms with E-state index in [9.17, 15) is 13.2 Å². The standard InChI is InChI=1S/C15H25N3O3S/c1-4-8-16-9-10-17-15(19)13-6-5-7-14(11-13)22(20,21)18-12(2)3/h5-7,11-12,16,18H,4,8-10H2,1-3H3,(H,17,19). The SMILES string of the molecule is CCCNCCNC(=O)c1cccc(S(=O)(=O)NC(C)C)c1. The molecule has 0 aliphatic carbocycles. The highest BCUT2D eigenvalue weighted by Gasteiger charge is 2.17. The van der Waals surface area contributed by atoms with Crippen molar-refractivity contribution in [3.63, 3.8) is 0 Å². The summed E-state index contributed by atoms with van der Waals surface area (Å²) in [5, 5.41) is 5.94.